The third-order valence-corrected chi connectivity index (χ3v) is 6.38. The molecule has 0 saturated heterocycles. The van der Waals surface area contributed by atoms with E-state index in [9.17, 15) is 19.2 Å². The molecule has 0 aromatic rings. The second kappa shape index (κ2) is 16.8. The van der Waals surface area contributed by atoms with E-state index < -0.39 is 36.2 Å². The lowest BCUT2D eigenvalue weighted by molar-refractivity contribution is -0.141. The van der Waals surface area contributed by atoms with Gasteiger partial charge in [-0.3, -0.25) is 0 Å². The molecule has 2 N–H and O–H groups in total. The molecular weight excluding hydrogens is 468 g/mol. The fourth-order valence-corrected chi connectivity index (χ4v) is 4.31. The summed E-state index contributed by atoms with van der Waals surface area (Å²) >= 11 is 0. The van der Waals surface area contributed by atoms with Gasteiger partial charge < -0.3 is 29.6 Å². The molecule has 2 amide bonds. The van der Waals surface area contributed by atoms with Gasteiger partial charge in [-0.15, -0.1) is 0 Å². The Morgan fingerprint density at radius 1 is 0.639 bits per heavy atom. The zero-order valence-electron chi connectivity index (χ0n) is 21.6. The van der Waals surface area contributed by atoms with Crippen LogP contribution in [0.2, 0.25) is 0 Å². The van der Waals surface area contributed by atoms with E-state index in [4.69, 9.17) is 18.9 Å². The van der Waals surface area contributed by atoms with E-state index in [1.165, 1.54) is 38.5 Å². The second-order valence-corrected chi connectivity index (χ2v) is 9.89. The molecule has 0 aromatic heterocycles. The van der Waals surface area contributed by atoms with E-state index in [1.54, 1.807) is 13.8 Å². The summed E-state index contributed by atoms with van der Waals surface area (Å²) in [4.78, 5) is 47.4. The zero-order valence-corrected chi connectivity index (χ0v) is 21.6. The molecule has 2 fully saturated rings. The van der Waals surface area contributed by atoms with Crippen molar-refractivity contribution < 1.29 is 38.1 Å². The van der Waals surface area contributed by atoms with Gasteiger partial charge in [-0.05, 0) is 51.4 Å². The minimum absolute atomic E-state index is 0.0688. The first-order valence-corrected chi connectivity index (χ1v) is 13.2. The van der Waals surface area contributed by atoms with Crippen molar-refractivity contribution >= 4 is 24.1 Å². The van der Waals surface area contributed by atoms with Crippen LogP contribution in [0.15, 0.2) is 12.2 Å². The predicted octanol–water partition coefficient (Wildman–Crippen LogP) is 4.02. The van der Waals surface area contributed by atoms with Gasteiger partial charge in [0.1, 0.15) is 13.2 Å². The molecule has 0 heterocycles. The molecule has 0 radical (unpaired) electrons. The monoisotopic (exact) mass is 510 g/mol. The van der Waals surface area contributed by atoms with E-state index in [2.05, 4.69) is 10.6 Å². The van der Waals surface area contributed by atoms with Gasteiger partial charge in [0.25, 0.3) is 0 Å². The Labute approximate surface area is 213 Å². The van der Waals surface area contributed by atoms with Crippen molar-refractivity contribution in [3.63, 3.8) is 0 Å². The number of hydrogen-bond acceptors (Lipinski definition) is 8. The molecule has 2 aliphatic rings. The van der Waals surface area contributed by atoms with Crippen LogP contribution < -0.4 is 10.6 Å². The van der Waals surface area contributed by atoms with Crippen molar-refractivity contribution in [3.8, 4) is 0 Å². The van der Waals surface area contributed by atoms with Gasteiger partial charge >= 0.3 is 24.1 Å². The highest BCUT2D eigenvalue weighted by molar-refractivity contribution is 5.91. The molecule has 0 bridgehead atoms. The number of esters is 2. The summed E-state index contributed by atoms with van der Waals surface area (Å²) in [6, 6.07) is -0.893. The van der Waals surface area contributed by atoms with Gasteiger partial charge in [-0.1, -0.05) is 38.5 Å². The van der Waals surface area contributed by atoms with Gasteiger partial charge in [0.15, 0.2) is 0 Å². The highest BCUT2D eigenvalue weighted by Crippen LogP contribution is 2.24. The van der Waals surface area contributed by atoms with Crippen molar-refractivity contribution in [1.29, 1.82) is 0 Å². The number of amides is 2. The first-order valence-electron chi connectivity index (χ1n) is 13.2. The maximum absolute atomic E-state index is 11.9. The van der Waals surface area contributed by atoms with Crippen molar-refractivity contribution in [2.45, 2.75) is 90.1 Å². The van der Waals surface area contributed by atoms with Crippen molar-refractivity contribution in [2.75, 3.05) is 26.4 Å². The summed E-state index contributed by atoms with van der Waals surface area (Å²) in [6.45, 7) is 4.03. The van der Waals surface area contributed by atoms with E-state index in [1.807, 2.05) is 0 Å². The number of hydrogen-bond donors (Lipinski definition) is 2. The number of rotatable bonds is 12. The molecule has 10 nitrogen and oxygen atoms in total. The summed E-state index contributed by atoms with van der Waals surface area (Å²) in [6.07, 6.45) is 12.3. The third-order valence-electron chi connectivity index (χ3n) is 6.38. The second-order valence-electron chi connectivity index (χ2n) is 9.89. The molecule has 2 aliphatic carbocycles. The molecule has 2 saturated carbocycles. The van der Waals surface area contributed by atoms with Crippen LogP contribution in [0, 0.1) is 11.8 Å². The number of carbonyl (C=O) groups is 4. The van der Waals surface area contributed by atoms with Crippen molar-refractivity contribution in [1.82, 2.24) is 10.6 Å². The summed E-state index contributed by atoms with van der Waals surface area (Å²) in [5, 5.41) is 5.23. The smallest absolute Gasteiger partial charge is 0.407 e. The molecule has 204 valence electrons. The fraction of sp³-hybridized carbons (Fsp3) is 0.769. The van der Waals surface area contributed by atoms with Crippen LogP contribution in [0.1, 0.15) is 78.1 Å². The van der Waals surface area contributed by atoms with Gasteiger partial charge in [-0.25, -0.2) is 19.2 Å². The molecule has 2 atom stereocenters. The lowest BCUT2D eigenvalue weighted by Gasteiger charge is -2.21. The minimum Gasteiger partial charge on any atom is -0.460 e. The maximum atomic E-state index is 11.9. The van der Waals surface area contributed by atoms with Gasteiger partial charge in [0.05, 0.1) is 25.3 Å². The standard InChI is InChI=1S/C26H42N2O8/c1-19(27-25(31)35-17-21-9-5-3-6-10-21)15-33-23(29)13-14-24(30)34-16-20(2)28-26(32)36-18-22-11-7-4-8-12-22/h13-14,19-22H,3-12,15-18H2,1-2H3,(H,27,31)(H,28,32)/b14-13+/t19-,20-/m1/s1. The molecule has 0 spiro atoms. The Hall–Kier alpha value is -2.78. The average Bonchev–Trinajstić information content (AvgIpc) is 2.88. The molecule has 36 heavy (non-hydrogen) atoms. The van der Waals surface area contributed by atoms with E-state index in [0.29, 0.717) is 25.0 Å². The highest BCUT2D eigenvalue weighted by Gasteiger charge is 2.18. The Kier molecular flexibility index (Phi) is 13.8. The lowest BCUT2D eigenvalue weighted by Crippen LogP contribution is -2.37. The lowest BCUT2D eigenvalue weighted by atomic mass is 9.90. The molecule has 10 heteroatoms. The van der Waals surface area contributed by atoms with Crippen molar-refractivity contribution in [2.24, 2.45) is 11.8 Å². The first-order chi connectivity index (χ1) is 17.3. The number of carbonyl (C=O) groups excluding carboxylic acids is 4. The number of nitrogens with one attached hydrogen (secondary N) is 2. The fourth-order valence-electron chi connectivity index (χ4n) is 4.31. The number of ether oxygens (including phenoxy) is 4. The molecule has 0 aromatic carbocycles. The van der Waals surface area contributed by atoms with Crippen LogP contribution in [-0.2, 0) is 28.5 Å². The first kappa shape index (κ1) is 29.5. The van der Waals surface area contributed by atoms with Crippen molar-refractivity contribution in [3.05, 3.63) is 12.2 Å². The molecule has 0 aliphatic heterocycles. The van der Waals surface area contributed by atoms with Crippen LogP contribution in [-0.4, -0.2) is 62.6 Å². The highest BCUT2D eigenvalue weighted by atomic mass is 16.6. The van der Waals surface area contributed by atoms with Gasteiger partial charge in [0, 0.05) is 12.2 Å². The summed E-state index contributed by atoms with van der Waals surface area (Å²) in [5.41, 5.74) is 0. The van der Waals surface area contributed by atoms with Crippen LogP contribution in [0.25, 0.3) is 0 Å². The maximum Gasteiger partial charge on any atom is 0.407 e. The zero-order chi connectivity index (χ0) is 26.2. The van der Waals surface area contributed by atoms with E-state index in [-0.39, 0.29) is 13.2 Å². The summed E-state index contributed by atoms with van der Waals surface area (Å²) in [7, 11) is 0. The van der Waals surface area contributed by atoms with Crippen LogP contribution in [0.4, 0.5) is 9.59 Å². The quantitative estimate of drug-likeness (QED) is 0.229. The Bertz CT molecular complexity index is 669. The van der Waals surface area contributed by atoms with Gasteiger partial charge in [0.2, 0.25) is 0 Å². The normalized spacial score (nSPS) is 18.6. The van der Waals surface area contributed by atoms with E-state index in [0.717, 1.165) is 37.8 Å². The average molecular weight is 511 g/mol. The molecule has 2 rings (SSSR count). The Balaban J connectivity index is 1.52. The molecule has 0 unspecified atom stereocenters. The topological polar surface area (TPSA) is 129 Å². The minimum atomic E-state index is -0.742. The summed E-state index contributed by atoms with van der Waals surface area (Å²) < 4.78 is 20.6. The predicted molar refractivity (Wildman–Crippen MR) is 132 cm³/mol. The Morgan fingerprint density at radius 2 is 1.00 bits per heavy atom. The SMILES string of the molecule is C[C@H](COC(=O)/C=C/C(=O)OC[C@@H](C)NC(=O)OCC1CCCCC1)NC(=O)OCC1CCCCC1. The number of alkyl carbamates (subject to hydrolysis) is 2. The third kappa shape index (κ3) is 13.3. The largest absolute Gasteiger partial charge is 0.460 e. The summed E-state index contributed by atoms with van der Waals surface area (Å²) in [5.74, 6) is -0.648. The van der Waals surface area contributed by atoms with Crippen LogP contribution in [0.3, 0.4) is 0 Å². The molecular formula is C26H42N2O8. The van der Waals surface area contributed by atoms with Crippen LogP contribution >= 0.6 is 0 Å². The van der Waals surface area contributed by atoms with Gasteiger partial charge in [-0.2, -0.15) is 0 Å². The van der Waals surface area contributed by atoms with E-state index >= 15 is 0 Å². The van der Waals surface area contributed by atoms with Crippen LogP contribution in [0.5, 0.6) is 0 Å². The Morgan fingerprint density at radius 3 is 1.36 bits per heavy atom.